The van der Waals surface area contributed by atoms with Crippen LogP contribution in [0.1, 0.15) is 57.3 Å². The van der Waals surface area contributed by atoms with Crippen molar-refractivity contribution in [3.05, 3.63) is 5.82 Å². The summed E-state index contributed by atoms with van der Waals surface area (Å²) in [7, 11) is 0. The van der Waals surface area contributed by atoms with Gasteiger partial charge in [-0.25, -0.2) is 4.68 Å². The highest BCUT2D eigenvalue weighted by molar-refractivity contribution is 4.91. The van der Waals surface area contributed by atoms with Crippen molar-refractivity contribution in [3.63, 3.8) is 0 Å². The SMILES string of the molecule is CCC1CCCCN1Cc1nnnn1C1CC1. The third-order valence-corrected chi connectivity index (χ3v) is 4.02. The van der Waals surface area contributed by atoms with E-state index in [1.807, 2.05) is 4.68 Å². The van der Waals surface area contributed by atoms with E-state index in [4.69, 9.17) is 0 Å². The third kappa shape index (κ3) is 2.34. The molecule has 1 atom stereocenters. The Morgan fingerprint density at radius 2 is 2.12 bits per heavy atom. The molecule has 0 bridgehead atoms. The van der Waals surface area contributed by atoms with Crippen molar-refractivity contribution in [2.24, 2.45) is 0 Å². The number of likely N-dealkylation sites (tertiary alicyclic amines) is 1. The van der Waals surface area contributed by atoms with E-state index in [0.29, 0.717) is 6.04 Å². The fourth-order valence-corrected chi connectivity index (χ4v) is 2.83. The Morgan fingerprint density at radius 3 is 2.88 bits per heavy atom. The van der Waals surface area contributed by atoms with E-state index in [2.05, 4.69) is 27.3 Å². The Balaban J connectivity index is 1.69. The number of hydrogen-bond donors (Lipinski definition) is 0. The summed E-state index contributed by atoms with van der Waals surface area (Å²) in [6.45, 7) is 4.42. The van der Waals surface area contributed by atoms with Crippen LogP contribution >= 0.6 is 0 Å². The minimum absolute atomic E-state index is 0.588. The molecule has 1 aromatic heterocycles. The zero-order chi connectivity index (χ0) is 11.7. The Hall–Kier alpha value is -0.970. The van der Waals surface area contributed by atoms with E-state index in [1.165, 1.54) is 45.1 Å². The van der Waals surface area contributed by atoms with Crippen molar-refractivity contribution in [2.75, 3.05) is 6.54 Å². The molecule has 1 saturated heterocycles. The summed E-state index contributed by atoms with van der Waals surface area (Å²) < 4.78 is 2.04. The van der Waals surface area contributed by atoms with Gasteiger partial charge in [0.1, 0.15) is 0 Å². The molecular weight excluding hydrogens is 214 g/mol. The molecule has 1 saturated carbocycles. The summed E-state index contributed by atoms with van der Waals surface area (Å²) in [4.78, 5) is 2.56. The van der Waals surface area contributed by atoms with Gasteiger partial charge in [-0.05, 0) is 49.1 Å². The van der Waals surface area contributed by atoms with E-state index < -0.39 is 0 Å². The van der Waals surface area contributed by atoms with E-state index in [1.54, 1.807) is 0 Å². The van der Waals surface area contributed by atoms with E-state index in [0.717, 1.165) is 18.4 Å². The van der Waals surface area contributed by atoms with Gasteiger partial charge >= 0.3 is 0 Å². The van der Waals surface area contributed by atoms with Gasteiger partial charge in [-0.15, -0.1) is 5.10 Å². The predicted octanol–water partition coefficient (Wildman–Crippen LogP) is 1.77. The van der Waals surface area contributed by atoms with Gasteiger partial charge in [-0.3, -0.25) is 4.90 Å². The average Bonchev–Trinajstić information content (AvgIpc) is 3.11. The zero-order valence-electron chi connectivity index (χ0n) is 10.5. The number of tetrazole rings is 1. The van der Waals surface area contributed by atoms with Gasteiger partial charge in [0.2, 0.25) is 0 Å². The molecule has 5 nitrogen and oxygen atoms in total. The Kier molecular flexibility index (Phi) is 3.09. The van der Waals surface area contributed by atoms with E-state index in [-0.39, 0.29) is 0 Å². The molecule has 1 aliphatic heterocycles. The van der Waals surface area contributed by atoms with E-state index >= 15 is 0 Å². The highest BCUT2D eigenvalue weighted by Crippen LogP contribution is 2.34. The summed E-state index contributed by atoms with van der Waals surface area (Å²) in [5.41, 5.74) is 0. The third-order valence-electron chi connectivity index (χ3n) is 4.02. The van der Waals surface area contributed by atoms with Crippen molar-refractivity contribution < 1.29 is 0 Å². The molecule has 2 aliphatic rings. The molecule has 1 unspecified atom stereocenters. The maximum atomic E-state index is 4.20. The van der Waals surface area contributed by atoms with Crippen LogP contribution in [0.3, 0.4) is 0 Å². The highest BCUT2D eigenvalue weighted by atomic mass is 15.6. The number of rotatable bonds is 4. The lowest BCUT2D eigenvalue weighted by molar-refractivity contribution is 0.130. The highest BCUT2D eigenvalue weighted by Gasteiger charge is 2.29. The summed E-state index contributed by atoms with van der Waals surface area (Å²) in [5, 5.41) is 12.2. The second kappa shape index (κ2) is 4.72. The summed E-state index contributed by atoms with van der Waals surface area (Å²) in [5.74, 6) is 1.06. The summed E-state index contributed by atoms with van der Waals surface area (Å²) in [6, 6.07) is 1.32. The number of aromatic nitrogens is 4. The average molecular weight is 235 g/mol. The van der Waals surface area contributed by atoms with Crippen LogP contribution < -0.4 is 0 Å². The Labute approximate surface area is 102 Å². The predicted molar refractivity (Wildman–Crippen MR) is 64.4 cm³/mol. The molecule has 0 amide bonds. The maximum Gasteiger partial charge on any atom is 0.165 e. The van der Waals surface area contributed by atoms with Crippen molar-refractivity contribution in [2.45, 2.75) is 64.1 Å². The van der Waals surface area contributed by atoms with Crippen LogP contribution in [0.15, 0.2) is 0 Å². The number of nitrogens with zero attached hydrogens (tertiary/aromatic N) is 5. The first kappa shape index (κ1) is 11.1. The van der Waals surface area contributed by atoms with Gasteiger partial charge in [0.15, 0.2) is 5.82 Å². The molecule has 0 radical (unpaired) electrons. The molecule has 0 N–H and O–H groups in total. The largest absolute Gasteiger partial charge is 0.293 e. The molecule has 1 aromatic rings. The van der Waals surface area contributed by atoms with Gasteiger partial charge in [0, 0.05) is 6.04 Å². The molecule has 1 aliphatic carbocycles. The second-order valence-electron chi connectivity index (χ2n) is 5.30. The summed E-state index contributed by atoms with van der Waals surface area (Å²) >= 11 is 0. The van der Waals surface area contributed by atoms with Gasteiger partial charge in [-0.2, -0.15) is 0 Å². The standard InChI is InChI=1S/C12H21N5/c1-2-10-5-3-4-8-16(10)9-12-13-14-15-17(12)11-6-7-11/h10-11H,2-9H2,1H3. The second-order valence-corrected chi connectivity index (χ2v) is 5.30. The van der Waals surface area contributed by atoms with Crippen LogP contribution in [0, 0.1) is 0 Å². The first-order valence-corrected chi connectivity index (χ1v) is 6.89. The molecule has 2 fully saturated rings. The van der Waals surface area contributed by atoms with Crippen LogP contribution in [0.25, 0.3) is 0 Å². The maximum absolute atomic E-state index is 4.20. The smallest absolute Gasteiger partial charge is 0.165 e. The topological polar surface area (TPSA) is 46.8 Å². The van der Waals surface area contributed by atoms with Gasteiger partial charge < -0.3 is 0 Å². The van der Waals surface area contributed by atoms with Crippen LogP contribution in [0.2, 0.25) is 0 Å². The minimum atomic E-state index is 0.588. The molecule has 0 aromatic carbocycles. The van der Waals surface area contributed by atoms with Gasteiger partial charge in [0.05, 0.1) is 12.6 Å². The Bertz CT molecular complexity index is 371. The molecule has 2 heterocycles. The first-order valence-electron chi connectivity index (χ1n) is 6.89. The lowest BCUT2D eigenvalue weighted by Gasteiger charge is -2.34. The van der Waals surface area contributed by atoms with Crippen LogP contribution in [0.5, 0.6) is 0 Å². The van der Waals surface area contributed by atoms with Crippen LogP contribution in [-0.4, -0.2) is 37.7 Å². The van der Waals surface area contributed by atoms with E-state index in [9.17, 15) is 0 Å². The summed E-state index contributed by atoms with van der Waals surface area (Å²) in [6.07, 6.45) is 7.76. The number of piperidine rings is 1. The fourth-order valence-electron chi connectivity index (χ4n) is 2.83. The lowest BCUT2D eigenvalue weighted by atomic mass is 10.0. The monoisotopic (exact) mass is 235 g/mol. The molecule has 94 valence electrons. The van der Waals surface area contributed by atoms with Crippen molar-refractivity contribution >= 4 is 0 Å². The van der Waals surface area contributed by atoms with Crippen molar-refractivity contribution in [1.82, 2.24) is 25.1 Å². The Morgan fingerprint density at radius 1 is 1.24 bits per heavy atom. The van der Waals surface area contributed by atoms with Gasteiger partial charge in [-0.1, -0.05) is 13.3 Å². The first-order chi connectivity index (χ1) is 8.38. The molecule has 0 spiro atoms. The molecule has 17 heavy (non-hydrogen) atoms. The molecule has 5 heteroatoms. The quantitative estimate of drug-likeness (QED) is 0.798. The zero-order valence-corrected chi connectivity index (χ0v) is 10.5. The van der Waals surface area contributed by atoms with Crippen LogP contribution in [-0.2, 0) is 6.54 Å². The molecular formula is C12H21N5. The van der Waals surface area contributed by atoms with Crippen molar-refractivity contribution in [3.8, 4) is 0 Å². The lowest BCUT2D eigenvalue weighted by Crippen LogP contribution is -2.39. The van der Waals surface area contributed by atoms with Crippen LogP contribution in [0.4, 0.5) is 0 Å². The van der Waals surface area contributed by atoms with Crippen molar-refractivity contribution in [1.29, 1.82) is 0 Å². The van der Waals surface area contributed by atoms with Gasteiger partial charge in [0.25, 0.3) is 0 Å². The normalized spacial score (nSPS) is 26.3. The molecule has 3 rings (SSSR count). The number of hydrogen-bond acceptors (Lipinski definition) is 4. The fraction of sp³-hybridized carbons (Fsp3) is 0.917. The minimum Gasteiger partial charge on any atom is -0.293 e.